The van der Waals surface area contributed by atoms with E-state index in [2.05, 4.69) is 0 Å². The van der Waals surface area contributed by atoms with E-state index in [0.717, 1.165) is 24.8 Å². The van der Waals surface area contributed by atoms with Gasteiger partial charge in [0.25, 0.3) is 0 Å². The SMILES string of the molecule is NCCC(Oc1ccc2c(c1)CCC2)C(F)(F)F. The van der Waals surface area contributed by atoms with Crippen molar-refractivity contribution in [1.82, 2.24) is 0 Å². The Morgan fingerprint density at radius 3 is 2.61 bits per heavy atom. The number of ether oxygens (including phenoxy) is 1. The first-order valence-corrected chi connectivity index (χ1v) is 6.06. The summed E-state index contributed by atoms with van der Waals surface area (Å²) >= 11 is 0. The summed E-state index contributed by atoms with van der Waals surface area (Å²) in [6.07, 6.45) is -3.44. The molecule has 0 saturated carbocycles. The lowest BCUT2D eigenvalue weighted by Gasteiger charge is -2.21. The van der Waals surface area contributed by atoms with Crippen molar-refractivity contribution in [3.8, 4) is 5.75 Å². The summed E-state index contributed by atoms with van der Waals surface area (Å²) < 4.78 is 43.1. The summed E-state index contributed by atoms with van der Waals surface area (Å²) in [5.41, 5.74) is 7.50. The zero-order valence-corrected chi connectivity index (χ0v) is 9.96. The average Bonchev–Trinajstić information content (AvgIpc) is 2.74. The van der Waals surface area contributed by atoms with E-state index >= 15 is 0 Å². The molecule has 1 atom stereocenters. The van der Waals surface area contributed by atoms with E-state index < -0.39 is 12.3 Å². The second-order valence-electron chi connectivity index (χ2n) is 4.51. The number of alkyl halides is 3. The zero-order valence-electron chi connectivity index (χ0n) is 9.96. The molecule has 0 bridgehead atoms. The predicted molar refractivity (Wildman–Crippen MR) is 62.6 cm³/mol. The molecule has 0 aliphatic heterocycles. The minimum absolute atomic E-state index is 0.0465. The molecule has 0 aromatic heterocycles. The van der Waals surface area contributed by atoms with Crippen LogP contribution in [-0.2, 0) is 12.8 Å². The minimum atomic E-state index is -4.38. The maximum atomic E-state index is 12.7. The van der Waals surface area contributed by atoms with Crippen LogP contribution in [0, 0.1) is 0 Å². The molecule has 2 N–H and O–H groups in total. The van der Waals surface area contributed by atoms with Crippen molar-refractivity contribution in [1.29, 1.82) is 0 Å². The highest BCUT2D eigenvalue weighted by molar-refractivity contribution is 5.38. The maximum Gasteiger partial charge on any atom is 0.425 e. The van der Waals surface area contributed by atoms with Gasteiger partial charge in [-0.2, -0.15) is 13.2 Å². The quantitative estimate of drug-likeness (QED) is 0.902. The standard InChI is InChI=1S/C13H16F3NO/c14-13(15,16)12(6-7-17)18-11-5-4-9-2-1-3-10(9)8-11/h4-5,8,12H,1-3,6-7,17H2. The molecule has 5 heteroatoms. The van der Waals surface area contributed by atoms with Crippen LogP contribution in [0.2, 0.25) is 0 Å². The van der Waals surface area contributed by atoms with Gasteiger partial charge in [-0.25, -0.2) is 0 Å². The van der Waals surface area contributed by atoms with Gasteiger partial charge in [-0.05, 0) is 49.1 Å². The Morgan fingerprint density at radius 2 is 1.94 bits per heavy atom. The van der Waals surface area contributed by atoms with Crippen molar-refractivity contribution in [2.75, 3.05) is 6.54 Å². The molecule has 0 saturated heterocycles. The third kappa shape index (κ3) is 2.96. The van der Waals surface area contributed by atoms with Crippen LogP contribution in [0.25, 0.3) is 0 Å². The van der Waals surface area contributed by atoms with E-state index in [1.165, 1.54) is 5.56 Å². The molecule has 1 aromatic carbocycles. The third-order valence-electron chi connectivity index (χ3n) is 3.14. The Labute approximate surface area is 104 Å². The molecule has 18 heavy (non-hydrogen) atoms. The highest BCUT2D eigenvalue weighted by atomic mass is 19.4. The lowest BCUT2D eigenvalue weighted by molar-refractivity contribution is -0.196. The van der Waals surface area contributed by atoms with Crippen molar-refractivity contribution < 1.29 is 17.9 Å². The number of benzene rings is 1. The smallest absolute Gasteiger partial charge is 0.425 e. The predicted octanol–water partition coefficient (Wildman–Crippen LogP) is 2.83. The third-order valence-corrected chi connectivity index (χ3v) is 3.14. The molecule has 0 radical (unpaired) electrons. The van der Waals surface area contributed by atoms with E-state index in [1.54, 1.807) is 12.1 Å². The Hall–Kier alpha value is -1.23. The number of nitrogens with two attached hydrogens (primary N) is 1. The van der Waals surface area contributed by atoms with E-state index in [9.17, 15) is 13.2 Å². The van der Waals surface area contributed by atoms with Crippen molar-refractivity contribution in [3.05, 3.63) is 29.3 Å². The zero-order chi connectivity index (χ0) is 13.2. The lowest BCUT2D eigenvalue weighted by atomic mass is 10.1. The van der Waals surface area contributed by atoms with Gasteiger partial charge in [0, 0.05) is 6.42 Å². The normalized spacial score (nSPS) is 16.4. The summed E-state index contributed by atoms with van der Waals surface area (Å²) in [6.45, 7) is -0.0465. The molecule has 0 heterocycles. The molecule has 2 rings (SSSR count). The molecule has 100 valence electrons. The summed E-state index contributed by atoms with van der Waals surface area (Å²) in [5, 5.41) is 0. The van der Waals surface area contributed by atoms with Crippen molar-refractivity contribution in [2.24, 2.45) is 5.73 Å². The average molecular weight is 259 g/mol. The number of hydrogen-bond acceptors (Lipinski definition) is 2. The molecular formula is C13H16F3NO. The van der Waals surface area contributed by atoms with Gasteiger partial charge < -0.3 is 10.5 Å². The number of aryl methyl sites for hydroxylation is 2. The monoisotopic (exact) mass is 259 g/mol. The first-order chi connectivity index (χ1) is 8.50. The minimum Gasteiger partial charge on any atom is -0.481 e. The van der Waals surface area contributed by atoms with Gasteiger partial charge in [-0.3, -0.25) is 0 Å². The van der Waals surface area contributed by atoms with Crippen LogP contribution in [0.5, 0.6) is 5.75 Å². The van der Waals surface area contributed by atoms with Gasteiger partial charge in [0.2, 0.25) is 0 Å². The van der Waals surface area contributed by atoms with Crippen LogP contribution in [0.4, 0.5) is 13.2 Å². The summed E-state index contributed by atoms with van der Waals surface area (Å²) in [4.78, 5) is 0. The highest BCUT2D eigenvalue weighted by Gasteiger charge is 2.41. The second kappa shape index (κ2) is 5.18. The number of rotatable bonds is 4. The Kier molecular flexibility index (Phi) is 3.80. The van der Waals surface area contributed by atoms with Gasteiger partial charge in [0.05, 0.1) is 0 Å². The van der Waals surface area contributed by atoms with Crippen LogP contribution in [0.3, 0.4) is 0 Å². The fraction of sp³-hybridized carbons (Fsp3) is 0.538. The van der Waals surface area contributed by atoms with E-state index in [0.29, 0.717) is 0 Å². The summed E-state index contributed by atoms with van der Waals surface area (Å²) in [7, 11) is 0. The largest absolute Gasteiger partial charge is 0.481 e. The fourth-order valence-corrected chi connectivity index (χ4v) is 2.23. The molecule has 0 fully saturated rings. The van der Waals surface area contributed by atoms with Crippen LogP contribution in [0.15, 0.2) is 18.2 Å². The molecule has 0 spiro atoms. The van der Waals surface area contributed by atoms with Crippen molar-refractivity contribution >= 4 is 0 Å². The molecule has 0 amide bonds. The topological polar surface area (TPSA) is 35.2 Å². The van der Waals surface area contributed by atoms with E-state index in [4.69, 9.17) is 10.5 Å². The van der Waals surface area contributed by atoms with Crippen LogP contribution in [0.1, 0.15) is 24.0 Å². The second-order valence-corrected chi connectivity index (χ2v) is 4.51. The van der Waals surface area contributed by atoms with Crippen molar-refractivity contribution in [3.63, 3.8) is 0 Å². The van der Waals surface area contributed by atoms with Crippen LogP contribution >= 0.6 is 0 Å². The van der Waals surface area contributed by atoms with Gasteiger partial charge >= 0.3 is 6.18 Å². The van der Waals surface area contributed by atoms with Crippen molar-refractivity contribution in [2.45, 2.75) is 38.0 Å². The lowest BCUT2D eigenvalue weighted by Crippen LogP contribution is -2.36. The number of fused-ring (bicyclic) bond motifs is 1. The molecule has 2 nitrogen and oxygen atoms in total. The van der Waals surface area contributed by atoms with Gasteiger partial charge in [0.1, 0.15) is 5.75 Å². The molecular weight excluding hydrogens is 243 g/mol. The summed E-state index contributed by atoms with van der Waals surface area (Å²) in [5.74, 6) is 0.284. The van der Waals surface area contributed by atoms with E-state index in [1.807, 2.05) is 6.07 Å². The molecule has 1 aliphatic rings. The molecule has 1 unspecified atom stereocenters. The Bertz CT molecular complexity index is 417. The number of halogens is 3. The first kappa shape index (κ1) is 13.2. The number of hydrogen-bond donors (Lipinski definition) is 1. The van der Waals surface area contributed by atoms with Gasteiger partial charge in [0.15, 0.2) is 6.10 Å². The van der Waals surface area contributed by atoms with Crippen LogP contribution < -0.4 is 10.5 Å². The van der Waals surface area contributed by atoms with Gasteiger partial charge in [-0.15, -0.1) is 0 Å². The Morgan fingerprint density at radius 1 is 1.22 bits per heavy atom. The maximum absolute atomic E-state index is 12.7. The molecule has 1 aromatic rings. The highest BCUT2D eigenvalue weighted by Crippen LogP contribution is 2.30. The summed E-state index contributed by atoms with van der Waals surface area (Å²) in [6, 6.07) is 5.19. The van der Waals surface area contributed by atoms with E-state index in [-0.39, 0.29) is 18.7 Å². The molecule has 1 aliphatic carbocycles. The van der Waals surface area contributed by atoms with Gasteiger partial charge in [-0.1, -0.05) is 6.07 Å². The van der Waals surface area contributed by atoms with Crippen LogP contribution in [-0.4, -0.2) is 18.8 Å². The first-order valence-electron chi connectivity index (χ1n) is 6.06. The fourth-order valence-electron chi connectivity index (χ4n) is 2.23. The Balaban J connectivity index is 2.11.